The Morgan fingerprint density at radius 1 is 1.18 bits per heavy atom. The van der Waals surface area contributed by atoms with Crippen LogP contribution in [0.3, 0.4) is 0 Å². The quantitative estimate of drug-likeness (QED) is 0.386. The second-order valence-corrected chi connectivity index (χ2v) is 7.26. The molecule has 0 fully saturated rings. The normalized spacial score (nSPS) is 14.7. The van der Waals surface area contributed by atoms with E-state index in [2.05, 4.69) is 15.9 Å². The minimum Gasteiger partial charge on any atom is -0.465 e. The number of ether oxygens (including phenoxy) is 2. The summed E-state index contributed by atoms with van der Waals surface area (Å²) in [5.41, 5.74) is 0. The summed E-state index contributed by atoms with van der Waals surface area (Å²) in [6, 6.07) is 10.0. The molecule has 3 atom stereocenters. The van der Waals surface area contributed by atoms with E-state index in [1.807, 2.05) is 37.3 Å². The Kier molecular flexibility index (Phi) is 8.56. The average molecular weight is 389 g/mol. The number of carbonyl (C=O) groups excluding carboxylic acids is 2. The molecule has 0 radical (unpaired) electrons. The highest BCUT2D eigenvalue weighted by molar-refractivity contribution is 9.09. The fraction of sp³-hybridized carbons (Fsp3) is 0.500. The molecule has 0 aliphatic rings. The molecule has 22 heavy (non-hydrogen) atoms. The molecule has 0 unspecified atom stereocenters. The van der Waals surface area contributed by atoms with Gasteiger partial charge in [-0.15, -0.1) is 11.8 Å². The van der Waals surface area contributed by atoms with Gasteiger partial charge in [0, 0.05) is 30.4 Å². The molecule has 1 aromatic carbocycles. The first-order valence-electron chi connectivity index (χ1n) is 7.02. The largest absolute Gasteiger partial charge is 0.465 e. The van der Waals surface area contributed by atoms with Crippen LogP contribution in [-0.4, -0.2) is 35.2 Å². The van der Waals surface area contributed by atoms with E-state index in [1.165, 1.54) is 18.7 Å². The molecule has 0 heterocycles. The first kappa shape index (κ1) is 19.0. The highest BCUT2D eigenvalue weighted by Crippen LogP contribution is 2.26. The summed E-state index contributed by atoms with van der Waals surface area (Å²) in [4.78, 5) is 23.2. The second-order valence-electron chi connectivity index (χ2n) is 4.99. The lowest BCUT2D eigenvalue weighted by atomic mass is 10.0. The van der Waals surface area contributed by atoms with Crippen molar-refractivity contribution in [2.75, 3.05) is 12.4 Å². The third kappa shape index (κ3) is 7.31. The third-order valence-electron chi connectivity index (χ3n) is 2.92. The second kappa shape index (κ2) is 9.90. The Labute approximate surface area is 144 Å². The summed E-state index contributed by atoms with van der Waals surface area (Å²) in [5, 5.41) is 0. The standard InChI is InChI=1S/C16H21BrO4S/c1-11(10-22-14-7-5-4-6-8-14)16(21-13(3)19)15(17)9-20-12(2)18/h4-8,11,15-16H,9-10H2,1-3H3/t11-,15-,16-/m1/s1. The van der Waals surface area contributed by atoms with E-state index >= 15 is 0 Å². The van der Waals surface area contributed by atoms with Crippen LogP contribution in [0.25, 0.3) is 0 Å². The Balaban J connectivity index is 2.60. The van der Waals surface area contributed by atoms with Crippen LogP contribution in [0.1, 0.15) is 20.8 Å². The summed E-state index contributed by atoms with van der Waals surface area (Å²) in [6.45, 7) is 4.93. The number of hydrogen-bond donors (Lipinski definition) is 0. The van der Waals surface area contributed by atoms with Gasteiger partial charge >= 0.3 is 11.9 Å². The van der Waals surface area contributed by atoms with Crippen molar-refractivity contribution in [3.63, 3.8) is 0 Å². The van der Waals surface area contributed by atoms with E-state index in [0.717, 1.165) is 5.75 Å². The average Bonchev–Trinajstić information content (AvgIpc) is 2.48. The summed E-state index contributed by atoms with van der Waals surface area (Å²) >= 11 is 5.17. The van der Waals surface area contributed by atoms with Gasteiger partial charge in [-0.3, -0.25) is 9.59 Å². The number of benzene rings is 1. The lowest BCUT2D eigenvalue weighted by Crippen LogP contribution is -2.37. The monoisotopic (exact) mass is 388 g/mol. The van der Waals surface area contributed by atoms with Crippen LogP contribution in [0.2, 0.25) is 0 Å². The number of halogens is 1. The van der Waals surface area contributed by atoms with Crippen molar-refractivity contribution in [2.45, 2.75) is 36.6 Å². The van der Waals surface area contributed by atoms with Crippen LogP contribution in [0, 0.1) is 5.92 Å². The maximum atomic E-state index is 11.3. The van der Waals surface area contributed by atoms with Crippen LogP contribution < -0.4 is 0 Å². The topological polar surface area (TPSA) is 52.6 Å². The molecule has 0 aromatic heterocycles. The van der Waals surface area contributed by atoms with Gasteiger partial charge in [0.1, 0.15) is 12.7 Å². The van der Waals surface area contributed by atoms with E-state index in [1.54, 1.807) is 11.8 Å². The number of rotatable bonds is 8. The van der Waals surface area contributed by atoms with E-state index in [-0.39, 0.29) is 35.4 Å². The Hall–Kier alpha value is -1.01. The van der Waals surface area contributed by atoms with Crippen molar-refractivity contribution in [1.82, 2.24) is 0 Å². The summed E-state index contributed by atoms with van der Waals surface area (Å²) in [7, 11) is 0. The molecule has 1 rings (SSSR count). The zero-order chi connectivity index (χ0) is 16.5. The van der Waals surface area contributed by atoms with Crippen molar-refractivity contribution in [3.05, 3.63) is 30.3 Å². The lowest BCUT2D eigenvalue weighted by molar-refractivity contribution is -0.150. The predicted octanol–water partition coefficient (Wildman–Crippen LogP) is 3.67. The fourth-order valence-corrected chi connectivity index (χ4v) is 3.62. The molecule has 4 nitrogen and oxygen atoms in total. The summed E-state index contributed by atoms with van der Waals surface area (Å²) in [5.74, 6) is 0.213. The molecule has 0 saturated heterocycles. The van der Waals surface area contributed by atoms with E-state index < -0.39 is 0 Å². The number of hydrogen-bond acceptors (Lipinski definition) is 5. The van der Waals surface area contributed by atoms with E-state index in [0.29, 0.717) is 0 Å². The minimum absolute atomic E-state index is 0.106. The Morgan fingerprint density at radius 2 is 1.82 bits per heavy atom. The zero-order valence-corrected chi connectivity index (χ0v) is 15.4. The van der Waals surface area contributed by atoms with Crippen molar-refractivity contribution in [2.24, 2.45) is 5.92 Å². The minimum atomic E-state index is -0.354. The summed E-state index contributed by atoms with van der Waals surface area (Å²) in [6.07, 6.45) is -0.354. The highest BCUT2D eigenvalue weighted by atomic mass is 79.9. The molecular weight excluding hydrogens is 368 g/mol. The molecule has 0 aliphatic heterocycles. The molecule has 0 saturated carbocycles. The van der Waals surface area contributed by atoms with E-state index in [9.17, 15) is 9.59 Å². The van der Waals surface area contributed by atoms with Crippen molar-refractivity contribution in [1.29, 1.82) is 0 Å². The number of esters is 2. The Morgan fingerprint density at radius 3 is 2.36 bits per heavy atom. The smallest absolute Gasteiger partial charge is 0.302 e. The van der Waals surface area contributed by atoms with Crippen molar-refractivity contribution >= 4 is 39.6 Å². The molecule has 0 N–H and O–H groups in total. The molecule has 0 aliphatic carbocycles. The van der Waals surface area contributed by atoms with Gasteiger partial charge < -0.3 is 9.47 Å². The van der Waals surface area contributed by atoms with Gasteiger partial charge in [0.2, 0.25) is 0 Å². The van der Waals surface area contributed by atoms with Gasteiger partial charge in [-0.25, -0.2) is 0 Å². The lowest BCUT2D eigenvalue weighted by Gasteiger charge is -2.27. The molecule has 0 spiro atoms. The number of alkyl halides is 1. The van der Waals surface area contributed by atoms with Crippen LogP contribution >= 0.6 is 27.7 Å². The fourth-order valence-electron chi connectivity index (χ4n) is 1.87. The molecular formula is C16H21BrO4S. The van der Waals surface area contributed by atoms with Crippen LogP contribution in [0.5, 0.6) is 0 Å². The Bertz CT molecular complexity index is 480. The maximum Gasteiger partial charge on any atom is 0.302 e. The molecule has 6 heteroatoms. The molecule has 1 aromatic rings. The first-order valence-corrected chi connectivity index (χ1v) is 8.92. The molecule has 122 valence electrons. The number of thioether (sulfide) groups is 1. The third-order valence-corrected chi connectivity index (χ3v) is 5.00. The predicted molar refractivity (Wildman–Crippen MR) is 91.2 cm³/mol. The maximum absolute atomic E-state index is 11.3. The number of carbonyl (C=O) groups is 2. The van der Waals surface area contributed by atoms with Gasteiger partial charge in [-0.05, 0) is 12.1 Å². The van der Waals surface area contributed by atoms with Gasteiger partial charge in [0.25, 0.3) is 0 Å². The van der Waals surface area contributed by atoms with E-state index in [4.69, 9.17) is 9.47 Å². The molecule has 0 amide bonds. The summed E-state index contributed by atoms with van der Waals surface area (Å²) < 4.78 is 10.4. The zero-order valence-electron chi connectivity index (χ0n) is 13.0. The van der Waals surface area contributed by atoms with Gasteiger partial charge in [-0.1, -0.05) is 41.1 Å². The van der Waals surface area contributed by atoms with Gasteiger partial charge in [0.05, 0.1) is 4.83 Å². The van der Waals surface area contributed by atoms with Gasteiger partial charge in [0.15, 0.2) is 0 Å². The van der Waals surface area contributed by atoms with Crippen LogP contribution in [0.4, 0.5) is 0 Å². The van der Waals surface area contributed by atoms with Crippen LogP contribution in [0.15, 0.2) is 35.2 Å². The SMILES string of the molecule is CC(=O)OC[C@@H](Br)[C@H](OC(C)=O)[C@H](C)CSc1ccccc1. The van der Waals surface area contributed by atoms with Gasteiger partial charge in [-0.2, -0.15) is 0 Å². The van der Waals surface area contributed by atoms with Crippen LogP contribution in [-0.2, 0) is 19.1 Å². The molecule has 0 bridgehead atoms. The van der Waals surface area contributed by atoms with Crippen molar-refractivity contribution in [3.8, 4) is 0 Å². The van der Waals surface area contributed by atoms with Crippen molar-refractivity contribution < 1.29 is 19.1 Å². The first-order chi connectivity index (χ1) is 10.4. The highest BCUT2D eigenvalue weighted by Gasteiger charge is 2.29.